The summed E-state index contributed by atoms with van der Waals surface area (Å²) in [5.41, 5.74) is 2.35. The molecule has 1 atom stereocenters. The number of imide groups is 1. The third-order valence-corrected chi connectivity index (χ3v) is 9.31. The zero-order valence-electron chi connectivity index (χ0n) is 21.2. The molecule has 10 heteroatoms. The number of amides is 2. The second-order valence-corrected chi connectivity index (χ2v) is 12.6. The molecule has 38 heavy (non-hydrogen) atoms. The molecule has 0 spiro atoms. The van der Waals surface area contributed by atoms with E-state index in [9.17, 15) is 27.6 Å². The molecule has 200 valence electrons. The molecule has 2 aliphatic heterocycles. The Kier molecular flexibility index (Phi) is 7.19. The lowest BCUT2D eigenvalue weighted by molar-refractivity contribution is -0.132. The number of likely N-dealkylation sites (tertiary alicyclic amines) is 1. The van der Waals surface area contributed by atoms with E-state index in [1.807, 2.05) is 24.3 Å². The normalized spacial score (nSPS) is 21.2. The first-order valence-corrected chi connectivity index (χ1v) is 14.7. The van der Waals surface area contributed by atoms with Crippen LogP contribution in [-0.2, 0) is 32.6 Å². The Bertz CT molecular complexity index is 1390. The van der Waals surface area contributed by atoms with Crippen LogP contribution in [0.4, 0.5) is 0 Å². The second-order valence-electron chi connectivity index (χ2n) is 10.3. The van der Waals surface area contributed by atoms with Gasteiger partial charge in [0.15, 0.2) is 5.78 Å². The van der Waals surface area contributed by atoms with E-state index >= 15 is 0 Å². The molecule has 2 heterocycles. The number of fused-ring (bicyclic) bond motifs is 1. The van der Waals surface area contributed by atoms with Gasteiger partial charge in [-0.2, -0.15) is 0 Å². The van der Waals surface area contributed by atoms with Crippen LogP contribution in [0.2, 0.25) is 0 Å². The monoisotopic (exact) mass is 538 g/mol. The van der Waals surface area contributed by atoms with E-state index in [0.29, 0.717) is 12.8 Å². The molecule has 1 aliphatic carbocycles. The van der Waals surface area contributed by atoms with Crippen molar-refractivity contribution in [3.63, 3.8) is 0 Å². The molecule has 2 fully saturated rings. The molecule has 9 nitrogen and oxygen atoms in total. The number of rotatable bonds is 7. The highest BCUT2D eigenvalue weighted by molar-refractivity contribution is 7.91. The number of nitrogens with zero attached hydrogens (tertiary/aromatic N) is 2. The minimum Gasteiger partial charge on any atom is -0.488 e. The summed E-state index contributed by atoms with van der Waals surface area (Å²) in [4.78, 5) is 53.5. The van der Waals surface area contributed by atoms with Crippen LogP contribution < -0.4 is 4.74 Å². The summed E-state index contributed by atoms with van der Waals surface area (Å²) in [6.07, 6.45) is 2.68. The number of hydrogen-bond acceptors (Lipinski definition) is 8. The van der Waals surface area contributed by atoms with Gasteiger partial charge in [0.05, 0.1) is 28.8 Å². The summed E-state index contributed by atoms with van der Waals surface area (Å²) in [5.74, 6) is -1.40. The molecule has 2 aromatic carbocycles. The van der Waals surface area contributed by atoms with Crippen LogP contribution in [-0.4, -0.2) is 72.2 Å². The maximum atomic E-state index is 13.2. The highest BCUT2D eigenvalue weighted by Crippen LogP contribution is 2.34. The molecule has 0 N–H and O–H groups in total. The van der Waals surface area contributed by atoms with Gasteiger partial charge in [-0.25, -0.2) is 8.42 Å². The summed E-state index contributed by atoms with van der Waals surface area (Å²) in [5, 5.41) is -0.251. The van der Waals surface area contributed by atoms with Crippen molar-refractivity contribution >= 4 is 33.2 Å². The fourth-order valence-electron chi connectivity index (χ4n) is 5.46. The van der Waals surface area contributed by atoms with E-state index in [-0.39, 0.29) is 53.8 Å². The number of ketones is 2. The first kappa shape index (κ1) is 26.2. The van der Waals surface area contributed by atoms with Crippen molar-refractivity contribution < 1.29 is 32.3 Å². The van der Waals surface area contributed by atoms with Gasteiger partial charge < -0.3 is 4.74 Å². The Morgan fingerprint density at radius 1 is 0.895 bits per heavy atom. The van der Waals surface area contributed by atoms with Crippen molar-refractivity contribution in [1.29, 1.82) is 0 Å². The number of carbonyl (C=O) groups excluding carboxylic acids is 4. The Labute approximate surface area is 221 Å². The largest absolute Gasteiger partial charge is 0.488 e. The summed E-state index contributed by atoms with van der Waals surface area (Å²) >= 11 is 0. The first-order chi connectivity index (χ1) is 18.1. The molecule has 0 aromatic heterocycles. The molecular weight excluding hydrogens is 508 g/mol. The Morgan fingerprint density at radius 3 is 2.24 bits per heavy atom. The highest BCUT2D eigenvalue weighted by atomic mass is 32.2. The third kappa shape index (κ3) is 5.28. The van der Waals surface area contributed by atoms with Gasteiger partial charge in [-0.3, -0.25) is 29.0 Å². The predicted octanol–water partition coefficient (Wildman–Crippen LogP) is 2.56. The lowest BCUT2D eigenvalue weighted by atomic mass is 9.92. The van der Waals surface area contributed by atoms with Gasteiger partial charge in [-0.15, -0.1) is 0 Å². The van der Waals surface area contributed by atoms with Crippen molar-refractivity contribution in [3.8, 4) is 5.75 Å². The molecule has 2 aromatic rings. The molecule has 1 unspecified atom stereocenters. The molecule has 0 bridgehead atoms. The molecule has 1 saturated carbocycles. The fourth-order valence-corrected chi connectivity index (χ4v) is 6.53. The molecular formula is C28H30N2O7S. The average Bonchev–Trinajstić information content (AvgIpc) is 3.14. The van der Waals surface area contributed by atoms with E-state index in [0.717, 1.165) is 35.7 Å². The van der Waals surface area contributed by atoms with Crippen LogP contribution in [0, 0.1) is 0 Å². The molecule has 2 amide bonds. The number of sulfone groups is 1. The van der Waals surface area contributed by atoms with Crippen LogP contribution in [0.1, 0.15) is 63.9 Å². The fraction of sp³-hybridized carbons (Fsp3) is 0.429. The number of hydrogen-bond donors (Lipinski definition) is 0. The molecule has 3 aliphatic rings. The van der Waals surface area contributed by atoms with E-state index < -0.39 is 33.5 Å². The predicted molar refractivity (Wildman–Crippen MR) is 139 cm³/mol. The van der Waals surface area contributed by atoms with Crippen LogP contribution in [0.3, 0.4) is 0 Å². The Balaban J connectivity index is 1.21. The van der Waals surface area contributed by atoms with Gasteiger partial charge in [-0.1, -0.05) is 30.3 Å². The standard InChI is InChI=1S/C28H30N2O7S/c1-38(35,36)21-11-13-29(14-12-21)16-18-5-7-19(8-6-18)17-37-25-4-2-3-22-26(25)28(34)30(27(22)33)23-10-9-20(31)15-24(23)32/h2-8,21,23H,9-17H2,1H3. The van der Waals surface area contributed by atoms with Crippen LogP contribution in [0.5, 0.6) is 5.75 Å². The van der Waals surface area contributed by atoms with Crippen LogP contribution >= 0.6 is 0 Å². The minimum absolute atomic E-state index is 0.149. The van der Waals surface area contributed by atoms with Crippen molar-refractivity contribution in [2.75, 3.05) is 19.3 Å². The number of ether oxygens (including phenoxy) is 1. The summed E-state index contributed by atoms with van der Waals surface area (Å²) in [6.45, 7) is 2.42. The second kappa shape index (κ2) is 10.4. The molecule has 5 rings (SSSR count). The number of piperidine rings is 1. The lowest BCUT2D eigenvalue weighted by Crippen LogP contribution is -2.47. The topological polar surface area (TPSA) is 118 Å². The Morgan fingerprint density at radius 2 is 1.58 bits per heavy atom. The number of carbonyl (C=O) groups is 4. The third-order valence-electron chi connectivity index (χ3n) is 7.62. The average molecular weight is 539 g/mol. The number of Topliss-reactive ketones (excluding diaryl/α,β-unsaturated/α-hetero) is 2. The van der Waals surface area contributed by atoms with Crippen molar-refractivity contribution in [2.24, 2.45) is 0 Å². The minimum atomic E-state index is -2.99. The van der Waals surface area contributed by atoms with Crippen molar-refractivity contribution in [3.05, 3.63) is 64.7 Å². The maximum absolute atomic E-state index is 13.2. The summed E-state index contributed by atoms with van der Waals surface area (Å²) in [6, 6.07) is 11.8. The summed E-state index contributed by atoms with van der Waals surface area (Å²) < 4.78 is 29.5. The smallest absolute Gasteiger partial charge is 0.266 e. The zero-order valence-corrected chi connectivity index (χ0v) is 22.0. The SMILES string of the molecule is CS(=O)(=O)C1CCN(Cc2ccc(COc3cccc4c3C(=O)N(C3CCC(=O)CC3=O)C4=O)cc2)CC1. The highest BCUT2D eigenvalue weighted by Gasteiger charge is 2.45. The van der Waals surface area contributed by atoms with Crippen molar-refractivity contribution in [2.45, 2.75) is 56.5 Å². The molecule has 1 saturated heterocycles. The van der Waals surface area contributed by atoms with Crippen LogP contribution in [0.15, 0.2) is 42.5 Å². The van der Waals surface area contributed by atoms with Crippen molar-refractivity contribution in [1.82, 2.24) is 9.80 Å². The van der Waals surface area contributed by atoms with Gasteiger partial charge in [0.1, 0.15) is 28.0 Å². The summed E-state index contributed by atoms with van der Waals surface area (Å²) in [7, 11) is -2.99. The van der Waals surface area contributed by atoms with Gasteiger partial charge >= 0.3 is 0 Å². The maximum Gasteiger partial charge on any atom is 0.266 e. The van der Waals surface area contributed by atoms with E-state index in [4.69, 9.17) is 4.74 Å². The van der Waals surface area contributed by atoms with E-state index in [2.05, 4.69) is 4.90 Å². The van der Waals surface area contributed by atoms with Gasteiger partial charge in [0, 0.05) is 19.2 Å². The lowest BCUT2D eigenvalue weighted by Gasteiger charge is -2.31. The van der Waals surface area contributed by atoms with Gasteiger partial charge in [0.2, 0.25) is 0 Å². The molecule has 0 radical (unpaired) electrons. The number of benzene rings is 2. The van der Waals surface area contributed by atoms with Gasteiger partial charge in [0.25, 0.3) is 11.8 Å². The van der Waals surface area contributed by atoms with E-state index in [1.54, 1.807) is 18.2 Å². The Hall–Kier alpha value is -3.37. The van der Waals surface area contributed by atoms with Crippen LogP contribution in [0.25, 0.3) is 0 Å². The zero-order chi connectivity index (χ0) is 27.0. The first-order valence-electron chi connectivity index (χ1n) is 12.8. The van der Waals surface area contributed by atoms with Gasteiger partial charge in [-0.05, 0) is 55.6 Å². The quantitative estimate of drug-likeness (QED) is 0.390. The van der Waals surface area contributed by atoms with E-state index in [1.165, 1.54) is 6.26 Å².